The second-order valence-corrected chi connectivity index (χ2v) is 6.02. The number of rotatable bonds is 1. The lowest BCUT2D eigenvalue weighted by Crippen LogP contribution is -2.59. The van der Waals surface area contributed by atoms with Gasteiger partial charge in [0.25, 0.3) is 0 Å². The predicted molar refractivity (Wildman–Crippen MR) is 61.3 cm³/mol. The van der Waals surface area contributed by atoms with Crippen LogP contribution < -0.4 is 0 Å². The van der Waals surface area contributed by atoms with Gasteiger partial charge in [0, 0.05) is 5.92 Å². The van der Waals surface area contributed by atoms with Crippen molar-refractivity contribution in [2.45, 2.75) is 69.7 Å². The molecule has 2 saturated heterocycles. The van der Waals surface area contributed by atoms with Crippen LogP contribution in [0.3, 0.4) is 0 Å². The van der Waals surface area contributed by atoms with Crippen molar-refractivity contribution in [2.75, 3.05) is 6.61 Å². The lowest BCUT2D eigenvalue weighted by atomic mass is 9.87. The maximum Gasteiger partial charge on any atom is 0.197 e. The van der Waals surface area contributed by atoms with E-state index in [-0.39, 0.29) is 6.29 Å². The molecule has 2 heterocycles. The van der Waals surface area contributed by atoms with E-state index in [0.717, 1.165) is 12.8 Å². The van der Waals surface area contributed by atoms with Gasteiger partial charge >= 0.3 is 0 Å². The quantitative estimate of drug-likeness (QED) is 0.761. The second kappa shape index (κ2) is 3.92. The summed E-state index contributed by atoms with van der Waals surface area (Å²) < 4.78 is 17.5. The van der Waals surface area contributed by atoms with Gasteiger partial charge in [0.1, 0.15) is 11.7 Å². The Morgan fingerprint density at radius 1 is 1.06 bits per heavy atom. The zero-order chi connectivity index (χ0) is 12.1. The largest absolute Gasteiger partial charge is 0.384 e. The van der Waals surface area contributed by atoms with E-state index in [1.165, 1.54) is 19.3 Å². The van der Waals surface area contributed by atoms with Crippen LogP contribution in [0.1, 0.15) is 46.0 Å². The van der Waals surface area contributed by atoms with Gasteiger partial charge in [-0.2, -0.15) is 0 Å². The van der Waals surface area contributed by atoms with Crippen LogP contribution in [-0.2, 0) is 14.2 Å². The molecule has 4 heteroatoms. The predicted octanol–water partition coefficient (Wildman–Crippen LogP) is 1.81. The molecule has 17 heavy (non-hydrogen) atoms. The van der Waals surface area contributed by atoms with Gasteiger partial charge in [-0.1, -0.05) is 19.3 Å². The Kier molecular flexibility index (Phi) is 2.74. The molecule has 1 N–H and O–H groups in total. The summed E-state index contributed by atoms with van der Waals surface area (Å²) in [7, 11) is 0. The summed E-state index contributed by atoms with van der Waals surface area (Å²) in [5.74, 6) is -0.425. The van der Waals surface area contributed by atoms with Crippen molar-refractivity contribution in [3.05, 3.63) is 0 Å². The van der Waals surface area contributed by atoms with Crippen molar-refractivity contribution >= 4 is 0 Å². The summed E-state index contributed by atoms with van der Waals surface area (Å²) in [6.07, 6.45) is 5.23. The Balaban J connectivity index is 1.77. The third kappa shape index (κ3) is 1.82. The van der Waals surface area contributed by atoms with Crippen LogP contribution in [0.25, 0.3) is 0 Å². The monoisotopic (exact) mass is 242 g/mol. The molecule has 1 aliphatic carbocycles. The second-order valence-electron chi connectivity index (χ2n) is 6.02. The van der Waals surface area contributed by atoms with Crippen molar-refractivity contribution in [3.8, 4) is 0 Å². The SMILES string of the molecule is CC12COC(C)(OC(C3CCCCC3)O1)C2O. The number of aliphatic hydroxyl groups is 1. The first-order valence-electron chi connectivity index (χ1n) is 6.71. The molecule has 3 rings (SSSR count). The number of ether oxygens (including phenoxy) is 3. The zero-order valence-electron chi connectivity index (χ0n) is 10.6. The van der Waals surface area contributed by atoms with Crippen LogP contribution in [0.15, 0.2) is 0 Å². The molecule has 3 fully saturated rings. The third-order valence-corrected chi connectivity index (χ3v) is 4.49. The van der Waals surface area contributed by atoms with Gasteiger partial charge in [0.05, 0.1) is 6.61 Å². The molecule has 4 nitrogen and oxygen atoms in total. The van der Waals surface area contributed by atoms with Gasteiger partial charge in [-0.3, -0.25) is 0 Å². The third-order valence-electron chi connectivity index (χ3n) is 4.49. The highest BCUT2D eigenvalue weighted by atomic mass is 16.8. The fourth-order valence-electron chi connectivity index (χ4n) is 3.31. The van der Waals surface area contributed by atoms with E-state index < -0.39 is 17.5 Å². The molecule has 0 radical (unpaired) electrons. The van der Waals surface area contributed by atoms with E-state index in [9.17, 15) is 5.11 Å². The molecule has 0 aromatic heterocycles. The topological polar surface area (TPSA) is 47.9 Å². The van der Waals surface area contributed by atoms with Crippen LogP contribution in [0.4, 0.5) is 0 Å². The molecule has 2 bridgehead atoms. The lowest BCUT2D eigenvalue weighted by molar-refractivity contribution is -0.369. The van der Waals surface area contributed by atoms with Crippen LogP contribution in [0.5, 0.6) is 0 Å². The standard InChI is InChI=1S/C13H22O4/c1-12-8-15-13(2,11(12)14)17-10(16-12)9-6-4-3-5-7-9/h9-11,14H,3-8H2,1-2H3. The zero-order valence-corrected chi connectivity index (χ0v) is 10.6. The molecule has 0 aromatic rings. The Morgan fingerprint density at radius 3 is 2.41 bits per heavy atom. The van der Waals surface area contributed by atoms with E-state index in [4.69, 9.17) is 14.2 Å². The summed E-state index contributed by atoms with van der Waals surface area (Å²) in [6.45, 7) is 4.15. The van der Waals surface area contributed by atoms with Crippen LogP contribution in [0.2, 0.25) is 0 Å². The highest BCUT2D eigenvalue weighted by Crippen LogP contribution is 2.46. The van der Waals surface area contributed by atoms with E-state index in [0.29, 0.717) is 12.5 Å². The summed E-state index contributed by atoms with van der Waals surface area (Å²) in [6, 6.07) is 0. The minimum atomic E-state index is -0.880. The minimum Gasteiger partial charge on any atom is -0.384 e. The Morgan fingerprint density at radius 2 is 1.76 bits per heavy atom. The molecule has 4 unspecified atom stereocenters. The highest BCUT2D eigenvalue weighted by molar-refractivity contribution is 5.02. The van der Waals surface area contributed by atoms with Crippen LogP contribution in [0, 0.1) is 5.92 Å². The number of aliphatic hydroxyl groups excluding tert-OH is 1. The van der Waals surface area contributed by atoms with Crippen LogP contribution >= 0.6 is 0 Å². The van der Waals surface area contributed by atoms with Crippen molar-refractivity contribution < 1.29 is 19.3 Å². The molecule has 0 amide bonds. The van der Waals surface area contributed by atoms with E-state index in [2.05, 4.69) is 0 Å². The molecule has 2 aliphatic heterocycles. The van der Waals surface area contributed by atoms with Crippen LogP contribution in [-0.4, -0.2) is 35.5 Å². The first-order valence-corrected chi connectivity index (χ1v) is 6.71. The molecular formula is C13H22O4. The average molecular weight is 242 g/mol. The number of hydrogen-bond donors (Lipinski definition) is 1. The summed E-state index contributed by atoms with van der Waals surface area (Å²) in [5.41, 5.74) is -0.602. The van der Waals surface area contributed by atoms with Gasteiger partial charge in [-0.05, 0) is 26.7 Å². The van der Waals surface area contributed by atoms with E-state index in [1.54, 1.807) is 0 Å². The normalized spacial score (nSPS) is 51.7. The molecule has 0 spiro atoms. The fourth-order valence-corrected chi connectivity index (χ4v) is 3.31. The van der Waals surface area contributed by atoms with Crippen molar-refractivity contribution in [1.82, 2.24) is 0 Å². The van der Waals surface area contributed by atoms with Crippen molar-refractivity contribution in [1.29, 1.82) is 0 Å². The molecular weight excluding hydrogens is 220 g/mol. The van der Waals surface area contributed by atoms with Gasteiger partial charge < -0.3 is 19.3 Å². The maximum absolute atomic E-state index is 10.2. The van der Waals surface area contributed by atoms with E-state index in [1.807, 2.05) is 13.8 Å². The van der Waals surface area contributed by atoms with Gasteiger partial charge in [0.15, 0.2) is 12.1 Å². The number of hydrogen-bond acceptors (Lipinski definition) is 4. The van der Waals surface area contributed by atoms with Gasteiger partial charge in [-0.15, -0.1) is 0 Å². The highest BCUT2D eigenvalue weighted by Gasteiger charge is 2.61. The van der Waals surface area contributed by atoms with Gasteiger partial charge in [-0.25, -0.2) is 0 Å². The molecule has 4 atom stereocenters. The molecule has 3 aliphatic rings. The van der Waals surface area contributed by atoms with E-state index >= 15 is 0 Å². The van der Waals surface area contributed by atoms with Crippen molar-refractivity contribution in [2.24, 2.45) is 5.92 Å². The van der Waals surface area contributed by atoms with Crippen molar-refractivity contribution in [3.63, 3.8) is 0 Å². The van der Waals surface area contributed by atoms with Gasteiger partial charge in [0.2, 0.25) is 0 Å². The summed E-state index contributed by atoms with van der Waals surface area (Å²) in [5, 5.41) is 10.2. The average Bonchev–Trinajstić information content (AvgIpc) is 2.50. The molecule has 98 valence electrons. The summed E-state index contributed by atoms with van der Waals surface area (Å²) in [4.78, 5) is 0. The first-order chi connectivity index (χ1) is 8.04. The Labute approximate surface area is 102 Å². The smallest absolute Gasteiger partial charge is 0.197 e. The summed E-state index contributed by atoms with van der Waals surface area (Å²) >= 11 is 0. The molecule has 1 saturated carbocycles. The Bertz CT molecular complexity index is 282. The minimum absolute atomic E-state index is 0.212. The molecule has 0 aromatic carbocycles. The fraction of sp³-hybridized carbons (Fsp3) is 1.00. The maximum atomic E-state index is 10.2. The lowest BCUT2D eigenvalue weighted by Gasteiger charge is -2.45. The first kappa shape index (κ1) is 11.9. The Hall–Kier alpha value is -0.160. The number of fused-ring (bicyclic) bond motifs is 2.